The largest absolute Gasteiger partial charge is 0.361 e. The Balaban J connectivity index is 0.000000196. The third-order valence-corrected chi connectivity index (χ3v) is 6.41. The Morgan fingerprint density at radius 2 is 1.82 bits per heavy atom. The van der Waals surface area contributed by atoms with Gasteiger partial charge < -0.3 is 14.7 Å². The standard InChI is InChI=1S/C13H16FN3O2.C12H13NOS/c14-11-1-3-12(4-2-11)15-13(19)9-16-5-7-17(10-18)8-6-16;1-9-5-3-4-6-12(9)15-8-11-7-10(2)14-13-11/h1-4,10H,5-9H2,(H,15,19);3-7H,8H2,1-2H3. The SMILES string of the molecule is Cc1cc(CSc2ccccc2C)no1.O=CN1CCN(CC(=O)Nc2ccc(F)cc2)CC1. The summed E-state index contributed by atoms with van der Waals surface area (Å²) in [5, 5.41) is 6.68. The third-order valence-electron chi connectivity index (χ3n) is 5.20. The molecule has 3 aromatic rings. The number of rotatable bonds is 7. The molecule has 180 valence electrons. The van der Waals surface area contributed by atoms with Crippen LogP contribution in [0.1, 0.15) is 17.0 Å². The van der Waals surface area contributed by atoms with Crippen molar-refractivity contribution in [3.63, 3.8) is 0 Å². The zero-order valence-electron chi connectivity index (χ0n) is 19.4. The van der Waals surface area contributed by atoms with E-state index in [-0.39, 0.29) is 18.3 Å². The maximum Gasteiger partial charge on any atom is 0.238 e. The summed E-state index contributed by atoms with van der Waals surface area (Å²) in [5.74, 6) is 1.27. The van der Waals surface area contributed by atoms with Crippen molar-refractivity contribution in [2.24, 2.45) is 0 Å². The fraction of sp³-hybridized carbons (Fsp3) is 0.320. The van der Waals surface area contributed by atoms with Gasteiger partial charge in [-0.25, -0.2) is 4.39 Å². The first-order chi connectivity index (χ1) is 16.4. The van der Waals surface area contributed by atoms with Gasteiger partial charge in [0.1, 0.15) is 11.6 Å². The van der Waals surface area contributed by atoms with E-state index in [4.69, 9.17) is 4.52 Å². The maximum absolute atomic E-state index is 12.7. The number of nitrogens with zero attached hydrogens (tertiary/aromatic N) is 3. The molecule has 1 aromatic heterocycles. The third kappa shape index (κ3) is 8.31. The first kappa shape index (κ1) is 25.5. The molecule has 0 saturated carbocycles. The molecule has 1 saturated heterocycles. The summed E-state index contributed by atoms with van der Waals surface area (Å²) >= 11 is 1.79. The summed E-state index contributed by atoms with van der Waals surface area (Å²) in [6.45, 7) is 6.99. The molecular formula is C25H29FN4O3S. The van der Waals surface area contributed by atoms with Crippen LogP contribution < -0.4 is 5.32 Å². The summed E-state index contributed by atoms with van der Waals surface area (Å²) in [7, 11) is 0. The number of nitrogens with one attached hydrogen (secondary N) is 1. The lowest BCUT2D eigenvalue weighted by atomic mass is 10.2. The van der Waals surface area contributed by atoms with E-state index in [0.717, 1.165) is 23.6 Å². The Morgan fingerprint density at radius 3 is 2.44 bits per heavy atom. The van der Waals surface area contributed by atoms with Crippen molar-refractivity contribution >= 4 is 29.8 Å². The Kier molecular flexibility index (Phi) is 9.66. The van der Waals surface area contributed by atoms with E-state index < -0.39 is 0 Å². The van der Waals surface area contributed by atoms with E-state index in [9.17, 15) is 14.0 Å². The number of carbonyl (C=O) groups excluding carboxylic acids is 2. The molecule has 2 aromatic carbocycles. The number of hydrogen-bond donors (Lipinski definition) is 1. The van der Waals surface area contributed by atoms with Gasteiger partial charge in [0.25, 0.3) is 0 Å². The number of aromatic nitrogens is 1. The Bertz CT molecular complexity index is 1070. The molecule has 34 heavy (non-hydrogen) atoms. The van der Waals surface area contributed by atoms with E-state index >= 15 is 0 Å². The molecule has 1 aliphatic rings. The Morgan fingerprint density at radius 1 is 1.12 bits per heavy atom. The van der Waals surface area contributed by atoms with Crippen molar-refractivity contribution in [3.8, 4) is 0 Å². The van der Waals surface area contributed by atoms with Crippen LogP contribution in [-0.4, -0.2) is 60.0 Å². The van der Waals surface area contributed by atoms with E-state index in [0.29, 0.717) is 31.9 Å². The van der Waals surface area contributed by atoms with Gasteiger partial charge in [0.05, 0.1) is 12.2 Å². The summed E-state index contributed by atoms with van der Waals surface area (Å²) in [4.78, 5) is 27.3. The molecular weight excluding hydrogens is 455 g/mol. The average Bonchev–Trinajstić information content (AvgIpc) is 3.26. The highest BCUT2D eigenvalue weighted by atomic mass is 32.2. The van der Waals surface area contributed by atoms with Gasteiger partial charge in [-0.2, -0.15) is 0 Å². The predicted octanol–water partition coefficient (Wildman–Crippen LogP) is 4.12. The fourth-order valence-electron chi connectivity index (χ4n) is 3.32. The normalized spacial score (nSPS) is 13.7. The number of piperazine rings is 1. The van der Waals surface area contributed by atoms with Gasteiger partial charge in [-0.05, 0) is 49.7 Å². The molecule has 0 atom stereocenters. The number of thioether (sulfide) groups is 1. The molecule has 2 amide bonds. The van der Waals surface area contributed by atoms with Crippen molar-refractivity contribution in [3.05, 3.63) is 77.4 Å². The lowest BCUT2D eigenvalue weighted by Crippen LogP contribution is -2.48. The van der Waals surface area contributed by atoms with Crippen LogP contribution in [0, 0.1) is 19.7 Å². The van der Waals surface area contributed by atoms with Gasteiger partial charge in [-0.3, -0.25) is 14.5 Å². The minimum atomic E-state index is -0.331. The number of amides is 2. The second-order valence-corrected chi connectivity index (χ2v) is 8.97. The molecule has 4 rings (SSSR count). The maximum atomic E-state index is 12.7. The number of aryl methyl sites for hydroxylation is 2. The molecule has 2 heterocycles. The monoisotopic (exact) mass is 484 g/mol. The van der Waals surface area contributed by atoms with Crippen LogP contribution in [0.5, 0.6) is 0 Å². The highest BCUT2D eigenvalue weighted by molar-refractivity contribution is 7.98. The molecule has 1 N–H and O–H groups in total. The molecule has 1 fully saturated rings. The van der Waals surface area contributed by atoms with Gasteiger partial charge >= 0.3 is 0 Å². The fourth-order valence-corrected chi connectivity index (χ4v) is 4.23. The molecule has 0 unspecified atom stereocenters. The van der Waals surface area contributed by atoms with Crippen LogP contribution in [0.2, 0.25) is 0 Å². The topological polar surface area (TPSA) is 78.7 Å². The highest BCUT2D eigenvalue weighted by Gasteiger charge is 2.17. The van der Waals surface area contributed by atoms with Crippen molar-refractivity contribution in [1.29, 1.82) is 0 Å². The van der Waals surface area contributed by atoms with Crippen molar-refractivity contribution in [2.75, 3.05) is 38.0 Å². The van der Waals surface area contributed by atoms with Crippen LogP contribution in [-0.2, 0) is 15.3 Å². The number of carbonyl (C=O) groups is 2. The number of hydrogen-bond acceptors (Lipinski definition) is 6. The first-order valence-corrected chi connectivity index (χ1v) is 12.0. The lowest BCUT2D eigenvalue weighted by Gasteiger charge is -2.31. The van der Waals surface area contributed by atoms with E-state index in [1.54, 1.807) is 16.7 Å². The van der Waals surface area contributed by atoms with Gasteiger partial charge in [0.15, 0.2) is 0 Å². The molecule has 7 nitrogen and oxygen atoms in total. The van der Waals surface area contributed by atoms with E-state index in [1.165, 1.54) is 34.7 Å². The summed E-state index contributed by atoms with van der Waals surface area (Å²) in [5.41, 5.74) is 2.89. The predicted molar refractivity (Wildman–Crippen MR) is 131 cm³/mol. The summed E-state index contributed by atoms with van der Waals surface area (Å²) in [6.07, 6.45) is 0.829. The van der Waals surface area contributed by atoms with Crippen LogP contribution in [0.4, 0.5) is 10.1 Å². The Labute approximate surface area is 203 Å². The molecule has 0 spiro atoms. The van der Waals surface area contributed by atoms with Gasteiger partial charge in [0.2, 0.25) is 12.3 Å². The molecule has 9 heteroatoms. The lowest BCUT2D eigenvalue weighted by molar-refractivity contribution is -0.120. The zero-order chi connectivity index (χ0) is 24.3. The van der Waals surface area contributed by atoms with Crippen molar-refractivity contribution < 1.29 is 18.5 Å². The van der Waals surface area contributed by atoms with Gasteiger partial charge in [-0.1, -0.05) is 23.4 Å². The molecule has 0 bridgehead atoms. The molecule has 0 aliphatic carbocycles. The van der Waals surface area contributed by atoms with Crippen LogP contribution in [0.15, 0.2) is 64.0 Å². The highest BCUT2D eigenvalue weighted by Crippen LogP contribution is 2.25. The smallest absolute Gasteiger partial charge is 0.238 e. The summed E-state index contributed by atoms with van der Waals surface area (Å²) in [6, 6.07) is 16.0. The van der Waals surface area contributed by atoms with Crippen LogP contribution >= 0.6 is 11.8 Å². The van der Waals surface area contributed by atoms with Crippen LogP contribution in [0.3, 0.4) is 0 Å². The number of benzene rings is 2. The molecule has 1 aliphatic heterocycles. The van der Waals surface area contributed by atoms with Crippen molar-refractivity contribution in [2.45, 2.75) is 24.5 Å². The second kappa shape index (κ2) is 12.9. The summed E-state index contributed by atoms with van der Waals surface area (Å²) < 4.78 is 17.7. The number of halogens is 1. The minimum Gasteiger partial charge on any atom is -0.361 e. The second-order valence-electron chi connectivity index (χ2n) is 7.96. The van der Waals surface area contributed by atoms with E-state index in [2.05, 4.69) is 41.7 Å². The number of anilines is 1. The molecule has 0 radical (unpaired) electrons. The first-order valence-electron chi connectivity index (χ1n) is 11.0. The van der Waals surface area contributed by atoms with Crippen molar-refractivity contribution in [1.82, 2.24) is 15.0 Å². The minimum absolute atomic E-state index is 0.133. The quantitative estimate of drug-likeness (QED) is 0.402. The zero-order valence-corrected chi connectivity index (χ0v) is 20.2. The average molecular weight is 485 g/mol. The van der Waals surface area contributed by atoms with E-state index in [1.807, 2.05) is 17.9 Å². The Hall–Kier alpha value is -3.17. The van der Waals surface area contributed by atoms with Crippen LogP contribution in [0.25, 0.3) is 0 Å². The van der Waals surface area contributed by atoms with Gasteiger partial charge in [0, 0.05) is 48.6 Å². The van der Waals surface area contributed by atoms with Gasteiger partial charge in [-0.15, -0.1) is 11.8 Å².